The zero-order valence-corrected chi connectivity index (χ0v) is 12.6. The Bertz CT molecular complexity index is 585. The predicted octanol–water partition coefficient (Wildman–Crippen LogP) is 4.12. The minimum absolute atomic E-state index is 0.0288. The highest BCUT2D eigenvalue weighted by atomic mass is 35.5. The molecule has 0 aromatic carbocycles. The summed E-state index contributed by atoms with van der Waals surface area (Å²) in [5.41, 5.74) is 1.22. The fraction of sp³-hybridized carbons (Fsp3) is 0.667. The van der Waals surface area contributed by atoms with Crippen molar-refractivity contribution < 1.29 is 0 Å². The van der Waals surface area contributed by atoms with Gasteiger partial charge in [-0.15, -0.1) is 0 Å². The quantitative estimate of drug-likeness (QED) is 0.784. The van der Waals surface area contributed by atoms with Crippen LogP contribution in [0, 0.1) is 29.1 Å². The molecule has 4 aliphatic rings. The molecule has 4 aliphatic carbocycles. The van der Waals surface area contributed by atoms with Crippen molar-refractivity contribution in [2.75, 3.05) is 0 Å². The van der Waals surface area contributed by atoms with Crippen LogP contribution in [0.3, 0.4) is 0 Å². The van der Waals surface area contributed by atoms with Gasteiger partial charge in [0.1, 0.15) is 6.07 Å². The van der Waals surface area contributed by atoms with Crippen molar-refractivity contribution in [3.8, 4) is 6.07 Å². The number of rotatable bonds is 1. The second kappa shape index (κ2) is 4.32. The van der Waals surface area contributed by atoms with Crippen molar-refractivity contribution in [3.63, 3.8) is 0 Å². The summed E-state index contributed by atoms with van der Waals surface area (Å²) in [6.45, 7) is 0. The Labute approximate surface area is 128 Å². The number of nitrogens with zero attached hydrogens (tertiary/aromatic N) is 3. The highest BCUT2D eigenvalue weighted by molar-refractivity contribution is 6.40. The van der Waals surface area contributed by atoms with Gasteiger partial charge in [0.2, 0.25) is 0 Å². The van der Waals surface area contributed by atoms with E-state index in [0.29, 0.717) is 5.69 Å². The van der Waals surface area contributed by atoms with E-state index in [1.807, 2.05) is 0 Å². The lowest BCUT2D eigenvalue weighted by Crippen LogP contribution is -2.49. The predicted molar refractivity (Wildman–Crippen MR) is 76.6 cm³/mol. The van der Waals surface area contributed by atoms with E-state index < -0.39 is 0 Å². The summed E-state index contributed by atoms with van der Waals surface area (Å²) in [4.78, 5) is 8.64. The van der Waals surface area contributed by atoms with Gasteiger partial charge in [-0.3, -0.25) is 0 Å². The van der Waals surface area contributed by atoms with Crippen LogP contribution in [0.4, 0.5) is 0 Å². The summed E-state index contributed by atoms with van der Waals surface area (Å²) in [6.07, 6.45) is 7.49. The topological polar surface area (TPSA) is 49.6 Å². The maximum absolute atomic E-state index is 9.38. The monoisotopic (exact) mass is 307 g/mol. The highest BCUT2D eigenvalue weighted by Gasteiger charge is 2.53. The Morgan fingerprint density at radius 2 is 1.45 bits per heavy atom. The summed E-state index contributed by atoms with van der Waals surface area (Å²) < 4.78 is 0. The normalized spacial score (nSPS) is 38.0. The van der Waals surface area contributed by atoms with E-state index >= 15 is 0 Å². The molecule has 20 heavy (non-hydrogen) atoms. The van der Waals surface area contributed by atoms with Crippen molar-refractivity contribution in [3.05, 3.63) is 21.7 Å². The van der Waals surface area contributed by atoms with Crippen LogP contribution in [-0.4, -0.2) is 9.97 Å². The molecule has 0 aliphatic heterocycles. The molecule has 1 aromatic rings. The van der Waals surface area contributed by atoms with Crippen LogP contribution in [0.2, 0.25) is 10.3 Å². The van der Waals surface area contributed by atoms with Crippen molar-refractivity contribution in [1.82, 2.24) is 9.97 Å². The molecular formula is C15H15Cl2N3. The maximum Gasteiger partial charge on any atom is 0.167 e. The van der Waals surface area contributed by atoms with Crippen molar-refractivity contribution in [2.24, 2.45) is 17.8 Å². The Kier molecular flexibility index (Phi) is 2.78. The third-order valence-electron chi connectivity index (χ3n) is 5.46. The molecule has 0 radical (unpaired) electrons. The average Bonchev–Trinajstić information content (AvgIpc) is 2.39. The Morgan fingerprint density at radius 1 is 0.950 bits per heavy atom. The van der Waals surface area contributed by atoms with Gasteiger partial charge in [0.05, 0.1) is 5.69 Å². The lowest BCUT2D eigenvalue weighted by molar-refractivity contribution is -0.00750. The molecule has 4 fully saturated rings. The van der Waals surface area contributed by atoms with E-state index in [9.17, 15) is 5.26 Å². The molecule has 0 saturated heterocycles. The summed E-state index contributed by atoms with van der Waals surface area (Å²) in [5.74, 6) is 2.39. The van der Waals surface area contributed by atoms with Crippen LogP contribution in [0.1, 0.15) is 49.9 Å². The zero-order chi connectivity index (χ0) is 13.9. The fourth-order valence-electron chi connectivity index (χ4n) is 5.24. The van der Waals surface area contributed by atoms with Crippen LogP contribution in [0.25, 0.3) is 0 Å². The minimum Gasteiger partial charge on any atom is -0.234 e. The van der Waals surface area contributed by atoms with E-state index in [1.54, 1.807) is 0 Å². The first kappa shape index (κ1) is 12.9. The molecule has 0 unspecified atom stereocenters. The summed E-state index contributed by atoms with van der Waals surface area (Å²) in [7, 11) is 0. The third kappa shape index (κ3) is 1.78. The van der Waals surface area contributed by atoms with E-state index in [-0.39, 0.29) is 15.7 Å². The standard InChI is InChI=1S/C15H15Cl2N3/c16-13-14(17)20-12(11(7-18)19-13)15-4-8-1-9(5-15)3-10(2-8)6-15/h8-10H,1-6H2. The second-order valence-electron chi connectivity index (χ2n) is 6.81. The van der Waals surface area contributed by atoms with Gasteiger partial charge >= 0.3 is 0 Å². The van der Waals surface area contributed by atoms with Crippen LogP contribution < -0.4 is 0 Å². The number of halogens is 2. The van der Waals surface area contributed by atoms with Gasteiger partial charge in [-0.05, 0) is 56.3 Å². The highest BCUT2D eigenvalue weighted by Crippen LogP contribution is 2.60. The van der Waals surface area contributed by atoms with Crippen molar-refractivity contribution >= 4 is 23.2 Å². The summed E-state index contributed by atoms with van der Waals surface area (Å²) in [6, 6.07) is 2.17. The molecule has 104 valence electrons. The van der Waals surface area contributed by atoms with Gasteiger partial charge in [-0.1, -0.05) is 23.2 Å². The molecule has 5 rings (SSSR count). The molecular weight excluding hydrogens is 293 g/mol. The molecule has 0 amide bonds. The Balaban J connectivity index is 1.85. The van der Waals surface area contributed by atoms with E-state index in [1.165, 1.54) is 19.3 Å². The summed E-state index contributed by atoms with van der Waals surface area (Å²) >= 11 is 12.0. The molecule has 0 N–H and O–H groups in total. The molecule has 1 heterocycles. The number of aromatic nitrogens is 2. The average molecular weight is 308 g/mol. The van der Waals surface area contributed by atoms with Gasteiger partial charge in [0, 0.05) is 5.41 Å². The van der Waals surface area contributed by atoms with Crippen LogP contribution in [0.5, 0.6) is 0 Å². The molecule has 0 atom stereocenters. The van der Waals surface area contributed by atoms with Crippen molar-refractivity contribution in [2.45, 2.75) is 43.9 Å². The summed E-state index contributed by atoms with van der Waals surface area (Å²) in [5, 5.41) is 9.75. The van der Waals surface area contributed by atoms with Gasteiger partial charge in [0.15, 0.2) is 16.0 Å². The lowest BCUT2D eigenvalue weighted by atomic mass is 9.48. The molecule has 1 aromatic heterocycles. The number of hydrogen-bond acceptors (Lipinski definition) is 3. The Hall–Kier alpha value is -0.850. The van der Waals surface area contributed by atoms with Gasteiger partial charge in [-0.2, -0.15) is 5.26 Å². The van der Waals surface area contributed by atoms with Gasteiger partial charge < -0.3 is 0 Å². The van der Waals surface area contributed by atoms with E-state index in [4.69, 9.17) is 23.2 Å². The number of nitriles is 1. The third-order valence-corrected chi connectivity index (χ3v) is 6.08. The second-order valence-corrected chi connectivity index (χ2v) is 7.53. The molecule has 4 saturated carbocycles. The minimum atomic E-state index is 0.0288. The zero-order valence-electron chi connectivity index (χ0n) is 11.1. The first-order valence-electron chi connectivity index (χ1n) is 7.23. The van der Waals surface area contributed by atoms with Crippen LogP contribution in [0.15, 0.2) is 0 Å². The van der Waals surface area contributed by atoms with Crippen LogP contribution >= 0.6 is 23.2 Å². The molecule has 4 bridgehead atoms. The first-order chi connectivity index (χ1) is 9.59. The van der Waals surface area contributed by atoms with Gasteiger partial charge in [-0.25, -0.2) is 9.97 Å². The van der Waals surface area contributed by atoms with E-state index in [2.05, 4.69) is 16.0 Å². The molecule has 5 heteroatoms. The van der Waals surface area contributed by atoms with E-state index in [0.717, 1.165) is 42.7 Å². The Morgan fingerprint density at radius 3 is 1.95 bits per heavy atom. The SMILES string of the molecule is N#Cc1nc(Cl)c(Cl)nc1C12CC3CC(CC(C3)C1)C2. The van der Waals surface area contributed by atoms with Crippen molar-refractivity contribution in [1.29, 1.82) is 5.26 Å². The molecule has 0 spiro atoms. The van der Waals surface area contributed by atoms with Crippen LogP contribution in [-0.2, 0) is 5.41 Å². The lowest BCUT2D eigenvalue weighted by Gasteiger charge is -2.56. The maximum atomic E-state index is 9.38. The number of hydrogen-bond donors (Lipinski definition) is 0. The molecule has 3 nitrogen and oxygen atoms in total. The fourth-order valence-corrected chi connectivity index (χ4v) is 5.50. The smallest absolute Gasteiger partial charge is 0.167 e. The first-order valence-corrected chi connectivity index (χ1v) is 7.99. The van der Waals surface area contributed by atoms with Gasteiger partial charge in [0.25, 0.3) is 0 Å². The largest absolute Gasteiger partial charge is 0.234 e.